The van der Waals surface area contributed by atoms with E-state index in [2.05, 4.69) is 20.9 Å². The molecule has 0 spiro atoms. The lowest BCUT2D eigenvalue weighted by Crippen LogP contribution is -1.86. The first-order valence-corrected chi connectivity index (χ1v) is 3.89. The van der Waals surface area contributed by atoms with Crippen molar-refractivity contribution in [2.75, 3.05) is 0 Å². The van der Waals surface area contributed by atoms with Gasteiger partial charge in [-0.25, -0.2) is 0 Å². The molecule has 0 unspecified atom stereocenters. The van der Waals surface area contributed by atoms with Crippen LogP contribution in [0, 0.1) is 0 Å². The van der Waals surface area contributed by atoms with Crippen LogP contribution < -0.4 is 0 Å². The van der Waals surface area contributed by atoms with Gasteiger partial charge in [0.25, 0.3) is 0 Å². The molecule has 0 aromatic carbocycles. The number of halogens is 1. The summed E-state index contributed by atoms with van der Waals surface area (Å²) in [5, 5.41) is 0. The number of hydrogen-bond donors (Lipinski definition) is 1. The van der Waals surface area contributed by atoms with Crippen LogP contribution >= 0.6 is 15.9 Å². The molecule has 1 aromatic heterocycles. The maximum Gasteiger partial charge on any atom is 0.166 e. The third kappa shape index (κ3) is 1.14. The Labute approximate surface area is 67.8 Å². The molecule has 0 saturated carbocycles. The summed E-state index contributed by atoms with van der Waals surface area (Å²) in [7, 11) is 0. The third-order valence-corrected chi connectivity index (χ3v) is 2.15. The third-order valence-electron chi connectivity index (χ3n) is 1.44. The van der Waals surface area contributed by atoms with Gasteiger partial charge in [0.15, 0.2) is 6.29 Å². The van der Waals surface area contributed by atoms with Crippen LogP contribution in [0.3, 0.4) is 0 Å². The number of rotatable bonds is 2. The largest absolute Gasteiger partial charge is 0.358 e. The average molecular weight is 202 g/mol. The fourth-order valence-electron chi connectivity index (χ4n) is 0.908. The molecule has 3 heteroatoms. The zero-order valence-corrected chi connectivity index (χ0v) is 7.23. The molecular weight excluding hydrogens is 194 g/mol. The second-order valence-corrected chi connectivity index (χ2v) is 2.85. The minimum absolute atomic E-state index is 0.675. The monoisotopic (exact) mass is 201 g/mol. The van der Waals surface area contributed by atoms with Crippen molar-refractivity contribution in [2.45, 2.75) is 13.3 Å². The summed E-state index contributed by atoms with van der Waals surface area (Å²) >= 11 is 3.33. The van der Waals surface area contributed by atoms with Crippen LogP contribution in [0.1, 0.15) is 23.0 Å². The molecule has 1 rings (SSSR count). The van der Waals surface area contributed by atoms with Gasteiger partial charge in [0, 0.05) is 10.7 Å². The lowest BCUT2D eigenvalue weighted by Gasteiger charge is -1.91. The van der Waals surface area contributed by atoms with Gasteiger partial charge in [-0.15, -0.1) is 0 Å². The van der Waals surface area contributed by atoms with Crippen LogP contribution in [0.25, 0.3) is 0 Å². The van der Waals surface area contributed by atoms with Crippen molar-refractivity contribution in [3.05, 3.63) is 21.9 Å². The van der Waals surface area contributed by atoms with E-state index >= 15 is 0 Å². The van der Waals surface area contributed by atoms with Crippen molar-refractivity contribution >= 4 is 22.2 Å². The van der Waals surface area contributed by atoms with E-state index in [-0.39, 0.29) is 0 Å². The second-order valence-electron chi connectivity index (χ2n) is 2.00. The van der Waals surface area contributed by atoms with Crippen molar-refractivity contribution in [2.24, 2.45) is 0 Å². The molecule has 0 atom stereocenters. The molecule has 0 aliphatic carbocycles. The summed E-state index contributed by atoms with van der Waals surface area (Å²) in [6.07, 6.45) is 3.49. The van der Waals surface area contributed by atoms with Crippen molar-refractivity contribution < 1.29 is 4.79 Å². The van der Waals surface area contributed by atoms with Crippen molar-refractivity contribution in [1.29, 1.82) is 0 Å². The Kier molecular flexibility index (Phi) is 2.27. The molecule has 0 aliphatic heterocycles. The molecule has 0 aliphatic rings. The number of aromatic amines is 1. The van der Waals surface area contributed by atoms with Gasteiger partial charge in [-0.3, -0.25) is 4.79 Å². The zero-order valence-electron chi connectivity index (χ0n) is 5.65. The number of aromatic nitrogens is 1. The molecule has 0 fully saturated rings. The number of H-pyrrole nitrogens is 1. The number of hydrogen-bond acceptors (Lipinski definition) is 1. The predicted octanol–water partition coefficient (Wildman–Crippen LogP) is 2.15. The highest BCUT2D eigenvalue weighted by atomic mass is 79.9. The Morgan fingerprint density at radius 1 is 1.80 bits per heavy atom. The molecule has 0 bridgehead atoms. The summed E-state index contributed by atoms with van der Waals surface area (Å²) in [5.41, 5.74) is 1.73. The average Bonchev–Trinajstić information content (AvgIpc) is 2.30. The highest BCUT2D eigenvalue weighted by molar-refractivity contribution is 9.10. The van der Waals surface area contributed by atoms with Gasteiger partial charge in [-0.1, -0.05) is 6.92 Å². The van der Waals surface area contributed by atoms with E-state index in [1.807, 2.05) is 6.92 Å². The lowest BCUT2D eigenvalue weighted by atomic mass is 10.2. The summed E-state index contributed by atoms with van der Waals surface area (Å²) in [6, 6.07) is 0. The minimum atomic E-state index is 0.675. The molecule has 2 nitrogen and oxygen atoms in total. The van der Waals surface area contributed by atoms with Crippen molar-refractivity contribution in [1.82, 2.24) is 4.98 Å². The van der Waals surface area contributed by atoms with E-state index in [1.165, 1.54) is 0 Å². The first-order chi connectivity index (χ1) is 4.79. The number of carbonyl (C=O) groups excluding carboxylic acids is 1. The SMILES string of the molecule is CCc1c(Br)c[nH]c1C=O. The first kappa shape index (κ1) is 7.54. The van der Waals surface area contributed by atoms with Crippen molar-refractivity contribution in [3.63, 3.8) is 0 Å². The molecule has 10 heavy (non-hydrogen) atoms. The van der Waals surface area contributed by atoms with Crippen LogP contribution in [0.5, 0.6) is 0 Å². The van der Waals surface area contributed by atoms with Crippen LogP contribution in [-0.2, 0) is 6.42 Å². The summed E-state index contributed by atoms with van der Waals surface area (Å²) in [5.74, 6) is 0. The van der Waals surface area contributed by atoms with Gasteiger partial charge in [0.1, 0.15) is 0 Å². The smallest absolute Gasteiger partial charge is 0.166 e. The van der Waals surface area contributed by atoms with Crippen LogP contribution in [-0.4, -0.2) is 11.3 Å². The van der Waals surface area contributed by atoms with E-state index in [0.717, 1.165) is 22.7 Å². The molecule has 1 N–H and O–H groups in total. The Bertz CT molecular complexity index is 242. The minimum Gasteiger partial charge on any atom is -0.358 e. The molecule has 1 heterocycles. The molecule has 0 saturated heterocycles. The van der Waals surface area contributed by atoms with Gasteiger partial charge >= 0.3 is 0 Å². The fraction of sp³-hybridized carbons (Fsp3) is 0.286. The Morgan fingerprint density at radius 3 is 2.90 bits per heavy atom. The molecule has 1 aromatic rings. The second kappa shape index (κ2) is 3.01. The summed E-state index contributed by atoms with van der Waals surface area (Å²) in [6.45, 7) is 2.01. The van der Waals surface area contributed by atoms with E-state index in [1.54, 1.807) is 6.20 Å². The van der Waals surface area contributed by atoms with Crippen LogP contribution in [0.4, 0.5) is 0 Å². The van der Waals surface area contributed by atoms with E-state index in [4.69, 9.17) is 0 Å². The Balaban J connectivity index is 3.12. The van der Waals surface area contributed by atoms with Gasteiger partial charge < -0.3 is 4.98 Å². The van der Waals surface area contributed by atoms with Gasteiger partial charge in [-0.2, -0.15) is 0 Å². The summed E-state index contributed by atoms with van der Waals surface area (Å²) < 4.78 is 0.983. The van der Waals surface area contributed by atoms with Crippen LogP contribution in [0.2, 0.25) is 0 Å². The topological polar surface area (TPSA) is 32.9 Å². The number of aldehydes is 1. The lowest BCUT2D eigenvalue weighted by molar-refractivity contribution is 0.111. The van der Waals surface area contributed by atoms with Gasteiger partial charge in [-0.05, 0) is 27.9 Å². The molecule has 0 radical (unpaired) electrons. The standard InChI is InChI=1S/C7H8BrNO/c1-2-5-6(8)3-9-7(5)4-10/h3-4,9H,2H2,1H3. The Hall–Kier alpha value is -0.570. The van der Waals surface area contributed by atoms with Crippen LogP contribution in [0.15, 0.2) is 10.7 Å². The summed E-state index contributed by atoms with van der Waals surface area (Å²) in [4.78, 5) is 13.2. The highest BCUT2D eigenvalue weighted by Crippen LogP contribution is 2.19. The molecule has 0 amide bonds. The maximum absolute atomic E-state index is 10.3. The van der Waals surface area contributed by atoms with Crippen molar-refractivity contribution in [3.8, 4) is 0 Å². The molecule has 54 valence electrons. The van der Waals surface area contributed by atoms with E-state index in [0.29, 0.717) is 5.69 Å². The van der Waals surface area contributed by atoms with Gasteiger partial charge in [0.05, 0.1) is 5.69 Å². The predicted molar refractivity (Wildman–Crippen MR) is 43.3 cm³/mol. The molecular formula is C7H8BrNO. The number of nitrogens with one attached hydrogen (secondary N) is 1. The normalized spacial score (nSPS) is 9.80. The number of carbonyl (C=O) groups is 1. The highest BCUT2D eigenvalue weighted by Gasteiger charge is 2.04. The zero-order chi connectivity index (χ0) is 7.56. The van der Waals surface area contributed by atoms with E-state index in [9.17, 15) is 4.79 Å². The Morgan fingerprint density at radius 2 is 2.50 bits per heavy atom. The quantitative estimate of drug-likeness (QED) is 0.732. The fourth-order valence-corrected chi connectivity index (χ4v) is 1.52. The van der Waals surface area contributed by atoms with Gasteiger partial charge in [0.2, 0.25) is 0 Å². The maximum atomic E-state index is 10.3. The first-order valence-electron chi connectivity index (χ1n) is 3.10. The van der Waals surface area contributed by atoms with E-state index < -0.39 is 0 Å².